The smallest absolute Gasteiger partial charge is 0.118 e. The first-order chi connectivity index (χ1) is 10.9. The van der Waals surface area contributed by atoms with E-state index in [-0.39, 0.29) is 17.6 Å². The van der Waals surface area contributed by atoms with Crippen LogP contribution in [-0.2, 0) is 16.1 Å². The highest BCUT2D eigenvalue weighted by Gasteiger charge is 2.40. The summed E-state index contributed by atoms with van der Waals surface area (Å²) in [5.74, 6) is 1.06. The maximum atomic E-state index is 10.1. The van der Waals surface area contributed by atoms with Crippen molar-refractivity contribution in [3.63, 3.8) is 0 Å². The third kappa shape index (κ3) is 5.98. The predicted octanol–water partition coefficient (Wildman–Crippen LogP) is 3.33. The van der Waals surface area contributed by atoms with Crippen molar-refractivity contribution in [2.75, 3.05) is 20.3 Å². The third-order valence-electron chi connectivity index (χ3n) is 4.29. The molecule has 1 N–H and O–H groups in total. The minimum absolute atomic E-state index is 0.117. The molecule has 0 aromatic heterocycles. The van der Waals surface area contributed by atoms with Crippen LogP contribution >= 0.6 is 0 Å². The average molecular weight is 320 g/mol. The zero-order chi connectivity index (χ0) is 16.9. The Morgan fingerprint density at radius 2 is 2.04 bits per heavy atom. The number of epoxide rings is 1. The molecule has 0 amide bonds. The first kappa shape index (κ1) is 18.0. The molecule has 1 fully saturated rings. The Kier molecular flexibility index (Phi) is 6.22. The molecule has 0 spiro atoms. The largest absolute Gasteiger partial charge is 0.497 e. The van der Waals surface area contributed by atoms with Crippen LogP contribution in [-0.4, -0.2) is 37.1 Å². The van der Waals surface area contributed by atoms with Crippen molar-refractivity contribution in [1.82, 2.24) is 0 Å². The maximum absolute atomic E-state index is 10.1. The van der Waals surface area contributed by atoms with Crippen LogP contribution in [0.4, 0.5) is 0 Å². The Bertz CT molecular complexity index is 505. The lowest BCUT2D eigenvalue weighted by Crippen LogP contribution is -2.20. The van der Waals surface area contributed by atoms with Gasteiger partial charge in [0.25, 0.3) is 0 Å². The van der Waals surface area contributed by atoms with E-state index in [0.717, 1.165) is 23.5 Å². The fourth-order valence-corrected chi connectivity index (χ4v) is 2.51. The van der Waals surface area contributed by atoms with E-state index in [4.69, 9.17) is 14.2 Å². The van der Waals surface area contributed by atoms with Crippen molar-refractivity contribution in [3.8, 4) is 5.75 Å². The van der Waals surface area contributed by atoms with Gasteiger partial charge >= 0.3 is 0 Å². The van der Waals surface area contributed by atoms with Crippen molar-refractivity contribution in [3.05, 3.63) is 42.0 Å². The molecule has 4 heteroatoms. The van der Waals surface area contributed by atoms with Gasteiger partial charge in [0.1, 0.15) is 5.75 Å². The van der Waals surface area contributed by atoms with E-state index in [9.17, 15) is 5.11 Å². The van der Waals surface area contributed by atoms with Gasteiger partial charge in [-0.1, -0.05) is 31.2 Å². The first-order valence-electron chi connectivity index (χ1n) is 8.12. The standard InChI is InChI=1S/C19H28O4/c1-14(9-17(20)10-19(3)13-23-19)15(2)11-22-12-16-5-7-18(21-4)8-6-16/h5-8,15,17,20H,1,9-13H2,2-4H3/t15-,17-,19-/m0/s1. The lowest BCUT2D eigenvalue weighted by molar-refractivity contribution is 0.0931. The number of methoxy groups -OCH3 is 1. The fourth-order valence-electron chi connectivity index (χ4n) is 2.51. The zero-order valence-corrected chi connectivity index (χ0v) is 14.4. The summed E-state index contributed by atoms with van der Waals surface area (Å²) >= 11 is 0. The Hall–Kier alpha value is -1.36. The maximum Gasteiger partial charge on any atom is 0.118 e. The summed E-state index contributed by atoms with van der Waals surface area (Å²) in [4.78, 5) is 0. The molecule has 1 heterocycles. The van der Waals surface area contributed by atoms with Gasteiger partial charge in [0.2, 0.25) is 0 Å². The number of benzene rings is 1. The monoisotopic (exact) mass is 320 g/mol. The van der Waals surface area contributed by atoms with Gasteiger partial charge in [-0.25, -0.2) is 0 Å². The molecular weight excluding hydrogens is 292 g/mol. The number of rotatable bonds is 10. The molecule has 128 valence electrons. The fraction of sp³-hybridized carbons (Fsp3) is 0.579. The second-order valence-electron chi connectivity index (χ2n) is 6.72. The highest BCUT2D eigenvalue weighted by molar-refractivity contribution is 5.26. The van der Waals surface area contributed by atoms with Crippen LogP contribution in [0, 0.1) is 5.92 Å². The normalized spacial score (nSPS) is 22.4. The van der Waals surface area contributed by atoms with E-state index >= 15 is 0 Å². The lowest BCUT2D eigenvalue weighted by Gasteiger charge is -2.19. The third-order valence-corrected chi connectivity index (χ3v) is 4.29. The van der Waals surface area contributed by atoms with Gasteiger partial charge < -0.3 is 19.3 Å². The number of ether oxygens (including phenoxy) is 3. The van der Waals surface area contributed by atoms with Crippen LogP contribution in [0.25, 0.3) is 0 Å². The minimum atomic E-state index is -0.390. The molecule has 3 atom stereocenters. The lowest BCUT2D eigenvalue weighted by atomic mass is 9.93. The van der Waals surface area contributed by atoms with Crippen LogP contribution in [0.2, 0.25) is 0 Å². The number of hydrogen-bond donors (Lipinski definition) is 1. The Labute approximate surface area is 139 Å². The summed E-state index contributed by atoms with van der Waals surface area (Å²) in [7, 11) is 1.66. The van der Waals surface area contributed by atoms with Crippen LogP contribution < -0.4 is 4.74 Å². The molecule has 0 aliphatic carbocycles. The number of aliphatic hydroxyl groups is 1. The summed E-state index contributed by atoms with van der Waals surface area (Å²) in [6.07, 6.45) is 0.885. The molecule has 23 heavy (non-hydrogen) atoms. The second kappa shape index (κ2) is 7.95. The molecule has 0 unspecified atom stereocenters. The Morgan fingerprint density at radius 1 is 1.39 bits per heavy atom. The molecule has 4 nitrogen and oxygen atoms in total. The summed E-state index contributed by atoms with van der Waals surface area (Å²) in [5.41, 5.74) is 2.02. The molecule has 1 aliphatic heterocycles. The van der Waals surface area contributed by atoms with Crippen molar-refractivity contribution in [1.29, 1.82) is 0 Å². The molecule has 0 radical (unpaired) electrons. The summed E-state index contributed by atoms with van der Waals surface area (Å²) < 4.78 is 16.2. The van der Waals surface area contributed by atoms with Crippen LogP contribution in [0.3, 0.4) is 0 Å². The van der Waals surface area contributed by atoms with Gasteiger partial charge in [0.15, 0.2) is 0 Å². The number of hydrogen-bond acceptors (Lipinski definition) is 4. The van der Waals surface area contributed by atoms with Crippen LogP contribution in [0.15, 0.2) is 36.4 Å². The molecule has 0 bridgehead atoms. The molecule has 1 saturated heterocycles. The molecular formula is C19H28O4. The van der Waals surface area contributed by atoms with Crippen LogP contribution in [0.1, 0.15) is 32.3 Å². The zero-order valence-electron chi connectivity index (χ0n) is 14.4. The van der Waals surface area contributed by atoms with Gasteiger partial charge in [0.05, 0.1) is 38.6 Å². The topological polar surface area (TPSA) is 51.2 Å². The summed E-state index contributed by atoms with van der Waals surface area (Å²) in [6.45, 7) is 10.1. The van der Waals surface area contributed by atoms with Crippen molar-refractivity contribution < 1.29 is 19.3 Å². The van der Waals surface area contributed by atoms with Gasteiger partial charge in [-0.05, 0) is 31.0 Å². The highest BCUT2D eigenvalue weighted by Crippen LogP contribution is 2.33. The minimum Gasteiger partial charge on any atom is -0.497 e. The van der Waals surface area contributed by atoms with E-state index in [1.54, 1.807) is 7.11 Å². The van der Waals surface area contributed by atoms with Gasteiger partial charge in [-0.2, -0.15) is 0 Å². The molecule has 1 aromatic rings. The van der Waals surface area contributed by atoms with Gasteiger partial charge in [-0.3, -0.25) is 0 Å². The van der Waals surface area contributed by atoms with Gasteiger partial charge in [0, 0.05) is 12.3 Å². The molecule has 1 aromatic carbocycles. The van der Waals surface area contributed by atoms with Crippen molar-refractivity contribution >= 4 is 0 Å². The first-order valence-corrected chi connectivity index (χ1v) is 8.12. The van der Waals surface area contributed by atoms with Crippen LogP contribution in [0.5, 0.6) is 5.75 Å². The Balaban J connectivity index is 1.66. The average Bonchev–Trinajstić information content (AvgIpc) is 3.24. The molecule has 2 rings (SSSR count). The van der Waals surface area contributed by atoms with E-state index in [0.29, 0.717) is 26.1 Å². The van der Waals surface area contributed by atoms with Crippen molar-refractivity contribution in [2.24, 2.45) is 5.92 Å². The SMILES string of the molecule is C=C(C[C@H](O)C[C@@]1(C)CO1)[C@@H](C)COCc1ccc(OC)cc1. The van der Waals surface area contributed by atoms with E-state index in [1.807, 2.05) is 31.2 Å². The van der Waals surface area contributed by atoms with E-state index in [2.05, 4.69) is 13.5 Å². The molecule has 0 saturated carbocycles. The van der Waals surface area contributed by atoms with Gasteiger partial charge in [-0.15, -0.1) is 0 Å². The highest BCUT2D eigenvalue weighted by atomic mass is 16.6. The second-order valence-corrected chi connectivity index (χ2v) is 6.72. The Morgan fingerprint density at radius 3 is 2.61 bits per heavy atom. The molecule has 1 aliphatic rings. The number of aliphatic hydroxyl groups excluding tert-OH is 1. The predicted molar refractivity (Wildman–Crippen MR) is 90.6 cm³/mol. The van der Waals surface area contributed by atoms with E-state index < -0.39 is 0 Å². The van der Waals surface area contributed by atoms with E-state index in [1.165, 1.54) is 0 Å². The quantitative estimate of drug-likeness (QED) is 0.531. The summed E-state index contributed by atoms with van der Waals surface area (Å²) in [5, 5.41) is 10.1. The summed E-state index contributed by atoms with van der Waals surface area (Å²) in [6, 6.07) is 7.85. The van der Waals surface area contributed by atoms with Crippen molar-refractivity contribution in [2.45, 2.75) is 45.0 Å².